The number of carbonyl (C=O) groups is 1. The summed E-state index contributed by atoms with van der Waals surface area (Å²) in [7, 11) is -0.639. The molecule has 1 aliphatic rings. The molecule has 1 amide bonds. The van der Waals surface area contributed by atoms with E-state index in [1.165, 1.54) is 0 Å². The molecule has 1 saturated heterocycles. The summed E-state index contributed by atoms with van der Waals surface area (Å²) < 4.78 is 17.7. The highest BCUT2D eigenvalue weighted by Gasteiger charge is 2.52. The monoisotopic (exact) mass is 432 g/mol. The van der Waals surface area contributed by atoms with Crippen molar-refractivity contribution in [3.63, 3.8) is 0 Å². The van der Waals surface area contributed by atoms with E-state index in [1.54, 1.807) is 6.07 Å². The van der Waals surface area contributed by atoms with Crippen LogP contribution in [-0.4, -0.2) is 31.0 Å². The molecule has 32 heavy (non-hydrogen) atoms. The predicted octanol–water partition coefficient (Wildman–Crippen LogP) is 4.81. The summed E-state index contributed by atoms with van der Waals surface area (Å²) in [5.74, 6) is 0. The molecule has 7 heteroatoms. The summed E-state index contributed by atoms with van der Waals surface area (Å²) in [6.07, 6.45) is 1.38. The van der Waals surface area contributed by atoms with E-state index >= 15 is 0 Å². The molecule has 1 N–H and O–H groups in total. The van der Waals surface area contributed by atoms with Crippen LogP contribution in [0.25, 0.3) is 6.08 Å². The number of hydrogen-bond donors (Lipinski definition) is 1. The largest absolute Gasteiger partial charge is 0.492 e. The summed E-state index contributed by atoms with van der Waals surface area (Å²) in [6, 6.07) is 17.2. The van der Waals surface area contributed by atoms with Crippen LogP contribution >= 0.6 is 0 Å². The predicted molar refractivity (Wildman–Crippen MR) is 125 cm³/mol. The van der Waals surface area contributed by atoms with Crippen molar-refractivity contribution < 1.29 is 18.8 Å². The van der Waals surface area contributed by atoms with Crippen molar-refractivity contribution >= 4 is 19.3 Å². The molecule has 1 aliphatic heterocycles. The van der Waals surface area contributed by atoms with Gasteiger partial charge in [-0.25, -0.2) is 4.79 Å². The molecular weight excluding hydrogens is 403 g/mol. The summed E-state index contributed by atoms with van der Waals surface area (Å²) in [5, 5.41) is 12.2. The maximum absolute atomic E-state index is 12.3. The van der Waals surface area contributed by atoms with Gasteiger partial charge in [-0.05, 0) is 62.8 Å². The minimum Gasteiger partial charge on any atom is -0.445 e. The van der Waals surface area contributed by atoms with Crippen molar-refractivity contribution in [1.29, 1.82) is 5.26 Å². The molecule has 0 bridgehead atoms. The number of nitrogens with zero attached hydrogens (tertiary/aromatic N) is 1. The molecule has 0 unspecified atom stereocenters. The second-order valence-corrected chi connectivity index (χ2v) is 8.85. The first kappa shape index (κ1) is 23.6. The van der Waals surface area contributed by atoms with Gasteiger partial charge in [-0.15, -0.1) is 0 Å². The number of nitrogens with one attached hydrogen (secondary N) is 1. The molecule has 166 valence electrons. The van der Waals surface area contributed by atoms with E-state index in [-0.39, 0.29) is 13.2 Å². The van der Waals surface area contributed by atoms with Crippen LogP contribution in [0.5, 0.6) is 0 Å². The zero-order valence-corrected chi connectivity index (χ0v) is 19.3. The van der Waals surface area contributed by atoms with Crippen LogP contribution in [-0.2, 0) is 20.7 Å². The third kappa shape index (κ3) is 5.39. The molecule has 0 atom stereocenters. The topological polar surface area (TPSA) is 80.6 Å². The normalized spacial score (nSPS) is 17.0. The summed E-state index contributed by atoms with van der Waals surface area (Å²) in [4.78, 5) is 12.3. The van der Waals surface area contributed by atoms with Crippen molar-refractivity contribution in [2.45, 2.75) is 52.4 Å². The molecule has 2 aromatic rings. The molecule has 0 aliphatic carbocycles. The first-order chi connectivity index (χ1) is 15.1. The highest BCUT2D eigenvalue weighted by molar-refractivity contribution is 6.56. The van der Waals surface area contributed by atoms with Gasteiger partial charge in [-0.2, -0.15) is 5.26 Å². The Balaban J connectivity index is 1.79. The Labute approximate surface area is 190 Å². The molecule has 6 nitrogen and oxygen atoms in total. The van der Waals surface area contributed by atoms with E-state index in [4.69, 9.17) is 14.0 Å². The average Bonchev–Trinajstić information content (AvgIpc) is 2.98. The Morgan fingerprint density at radius 3 is 2.38 bits per heavy atom. The summed E-state index contributed by atoms with van der Waals surface area (Å²) in [6.45, 7) is 10.2. The zero-order valence-electron chi connectivity index (χ0n) is 19.3. The van der Waals surface area contributed by atoms with Gasteiger partial charge in [0.1, 0.15) is 6.61 Å². The second kappa shape index (κ2) is 9.60. The van der Waals surface area contributed by atoms with Crippen molar-refractivity contribution in [1.82, 2.24) is 5.32 Å². The van der Waals surface area contributed by atoms with Gasteiger partial charge in [0.15, 0.2) is 0 Å². The molecular formula is C25H29BN2O4. The quantitative estimate of drug-likeness (QED) is 0.663. The summed E-state index contributed by atoms with van der Waals surface area (Å²) in [5.41, 5.74) is 2.93. The van der Waals surface area contributed by atoms with E-state index in [9.17, 15) is 10.1 Å². The fourth-order valence-corrected chi connectivity index (χ4v) is 3.28. The van der Waals surface area contributed by atoms with Crippen molar-refractivity contribution in [3.05, 3.63) is 76.3 Å². The minimum absolute atomic E-state index is 0.181. The standard InChI is InChI=1S/C25H29BN2O4/c1-18-20(12-9-13-21(18)15-27)14-22(26-31-24(2,3)25(4,5)32-26)16-28-23(29)30-17-19-10-7-6-8-11-19/h6-14H,16-17H2,1-5H3,(H,28,29). The number of ether oxygens (including phenoxy) is 1. The lowest BCUT2D eigenvalue weighted by atomic mass is 9.76. The van der Waals surface area contributed by atoms with E-state index in [2.05, 4.69) is 11.4 Å². The Bertz CT molecular complexity index is 1030. The number of benzene rings is 2. The lowest BCUT2D eigenvalue weighted by Crippen LogP contribution is -2.41. The Kier molecular flexibility index (Phi) is 7.07. The Morgan fingerprint density at radius 2 is 1.75 bits per heavy atom. The lowest BCUT2D eigenvalue weighted by Gasteiger charge is -2.32. The van der Waals surface area contributed by atoms with Crippen molar-refractivity contribution in [2.75, 3.05) is 6.54 Å². The van der Waals surface area contributed by atoms with E-state index < -0.39 is 24.4 Å². The van der Waals surface area contributed by atoms with Crippen LogP contribution in [0.3, 0.4) is 0 Å². The van der Waals surface area contributed by atoms with Gasteiger partial charge in [0.25, 0.3) is 0 Å². The number of nitriles is 1. The molecule has 0 radical (unpaired) electrons. The fourth-order valence-electron chi connectivity index (χ4n) is 3.28. The third-order valence-corrected chi connectivity index (χ3v) is 6.04. The Hall–Kier alpha value is -3.08. The molecule has 0 saturated carbocycles. The maximum Gasteiger partial charge on any atom is 0.492 e. The van der Waals surface area contributed by atoms with Crippen LogP contribution in [0, 0.1) is 18.3 Å². The van der Waals surface area contributed by atoms with Crippen LogP contribution in [0.15, 0.2) is 54.0 Å². The van der Waals surface area contributed by atoms with Crippen LogP contribution < -0.4 is 5.32 Å². The first-order valence-electron chi connectivity index (χ1n) is 10.6. The maximum atomic E-state index is 12.3. The smallest absolute Gasteiger partial charge is 0.445 e. The zero-order chi connectivity index (χ0) is 23.4. The molecule has 3 rings (SSSR count). The van der Waals surface area contributed by atoms with Gasteiger partial charge in [-0.1, -0.05) is 48.5 Å². The molecule has 1 fully saturated rings. The van der Waals surface area contributed by atoms with Gasteiger partial charge >= 0.3 is 13.2 Å². The summed E-state index contributed by atoms with van der Waals surface area (Å²) >= 11 is 0. The highest BCUT2D eigenvalue weighted by Crippen LogP contribution is 2.38. The first-order valence-corrected chi connectivity index (χ1v) is 10.6. The van der Waals surface area contributed by atoms with Gasteiger partial charge in [-0.3, -0.25) is 0 Å². The highest BCUT2D eigenvalue weighted by atomic mass is 16.7. The average molecular weight is 432 g/mol. The molecule has 0 aromatic heterocycles. The van der Waals surface area contributed by atoms with E-state index in [1.807, 2.05) is 83.2 Å². The molecule has 0 spiro atoms. The third-order valence-electron chi connectivity index (χ3n) is 6.04. The number of carbonyl (C=O) groups excluding carboxylic acids is 1. The van der Waals surface area contributed by atoms with Crippen molar-refractivity contribution in [3.8, 4) is 6.07 Å². The fraction of sp³-hybridized carbons (Fsp3) is 0.360. The van der Waals surface area contributed by atoms with Gasteiger partial charge < -0.3 is 19.4 Å². The number of alkyl carbamates (subject to hydrolysis) is 1. The van der Waals surface area contributed by atoms with Crippen molar-refractivity contribution in [2.24, 2.45) is 0 Å². The van der Waals surface area contributed by atoms with Gasteiger partial charge in [0.2, 0.25) is 0 Å². The van der Waals surface area contributed by atoms with Crippen LogP contribution in [0.1, 0.15) is 49.9 Å². The van der Waals surface area contributed by atoms with Gasteiger partial charge in [0, 0.05) is 6.54 Å². The van der Waals surface area contributed by atoms with Crippen LogP contribution in [0.4, 0.5) is 4.79 Å². The number of amides is 1. The van der Waals surface area contributed by atoms with Gasteiger partial charge in [0.05, 0.1) is 22.8 Å². The lowest BCUT2D eigenvalue weighted by molar-refractivity contribution is 0.00578. The SMILES string of the molecule is Cc1c(C#N)cccc1C=C(CNC(=O)OCc1ccccc1)B1OC(C)(C)C(C)(C)O1. The minimum atomic E-state index is -0.639. The number of hydrogen-bond acceptors (Lipinski definition) is 5. The number of rotatable bonds is 6. The molecule has 1 heterocycles. The van der Waals surface area contributed by atoms with E-state index in [0.717, 1.165) is 22.2 Å². The molecule has 2 aromatic carbocycles. The second-order valence-electron chi connectivity index (χ2n) is 8.85. The van der Waals surface area contributed by atoms with Crippen LogP contribution in [0.2, 0.25) is 0 Å². The van der Waals surface area contributed by atoms with E-state index in [0.29, 0.717) is 5.56 Å². The Morgan fingerprint density at radius 1 is 1.09 bits per heavy atom.